The summed E-state index contributed by atoms with van der Waals surface area (Å²) in [6, 6.07) is 3.89. The zero-order chi connectivity index (χ0) is 24.5. The Kier molecular flexibility index (Phi) is 14.8. The highest BCUT2D eigenvalue weighted by Gasteiger charge is 2.32. The molecule has 0 aliphatic rings. The molecule has 7 nitrogen and oxygen atoms in total. The average Bonchev–Trinajstić information content (AvgIpc) is 3.33. The van der Waals surface area contributed by atoms with E-state index < -0.39 is 24.0 Å². The van der Waals surface area contributed by atoms with Gasteiger partial charge in [0.25, 0.3) is 11.8 Å². The lowest BCUT2D eigenvalue weighted by Gasteiger charge is -2.26. The average molecular weight is 478 g/mol. The molecular weight excluding hydrogens is 438 g/mol. The van der Waals surface area contributed by atoms with E-state index in [4.69, 9.17) is 0 Å². The summed E-state index contributed by atoms with van der Waals surface area (Å²) in [5, 5.41) is 28.4. The van der Waals surface area contributed by atoms with Gasteiger partial charge in [0.1, 0.15) is 0 Å². The summed E-state index contributed by atoms with van der Waals surface area (Å²) in [5.74, 6) is -1.38. The van der Waals surface area contributed by atoms with E-state index in [-0.39, 0.29) is 0 Å². The fourth-order valence-electron chi connectivity index (χ4n) is 3.16. The Morgan fingerprint density at radius 3 is 2.61 bits per heavy atom. The Morgan fingerprint density at radius 2 is 1.97 bits per heavy atom. The van der Waals surface area contributed by atoms with E-state index in [9.17, 15) is 19.8 Å². The molecule has 0 radical (unpaired) electrons. The number of aliphatic hydroxyl groups excluding tert-OH is 2. The first-order chi connectivity index (χ1) is 15.9. The second-order valence-electron chi connectivity index (χ2n) is 7.62. The van der Waals surface area contributed by atoms with E-state index >= 15 is 0 Å². The summed E-state index contributed by atoms with van der Waals surface area (Å²) in [6.45, 7) is 9.74. The number of aliphatic hydroxyl groups is 2. The smallest absolute Gasteiger partial charge is 0.254 e. The van der Waals surface area contributed by atoms with E-state index in [1.165, 1.54) is 4.90 Å². The Balaban J connectivity index is 2.65. The van der Waals surface area contributed by atoms with Crippen molar-refractivity contribution in [1.29, 1.82) is 0 Å². The quantitative estimate of drug-likeness (QED) is 0.204. The summed E-state index contributed by atoms with van der Waals surface area (Å²) in [6.07, 6.45) is 7.78. The molecule has 2 atom stereocenters. The van der Waals surface area contributed by atoms with E-state index in [1.807, 2.05) is 42.7 Å². The lowest BCUT2D eigenvalue weighted by atomic mass is 10.1. The molecule has 2 unspecified atom stereocenters. The number of likely N-dealkylation sites (N-methyl/N-ethyl adjacent to an activating group) is 1. The first kappa shape index (κ1) is 28.6. The summed E-state index contributed by atoms with van der Waals surface area (Å²) >= 11 is 1.58. The molecule has 2 amide bonds. The van der Waals surface area contributed by atoms with Crippen molar-refractivity contribution in [3.8, 4) is 0 Å². The monoisotopic (exact) mass is 477 g/mol. The Labute approximate surface area is 201 Å². The molecule has 1 aromatic rings. The fourth-order valence-corrected chi connectivity index (χ4v) is 3.87. The largest absolute Gasteiger partial charge is 0.385 e. The van der Waals surface area contributed by atoms with E-state index in [1.54, 1.807) is 17.4 Å². The summed E-state index contributed by atoms with van der Waals surface area (Å²) in [5.41, 5.74) is 0.922. The number of allylic oxidation sites excluding steroid dienone is 3. The molecule has 1 rings (SSSR count). The second-order valence-corrected chi connectivity index (χ2v) is 8.65. The highest BCUT2D eigenvalue weighted by Crippen LogP contribution is 2.09. The molecule has 0 saturated carbocycles. The van der Waals surface area contributed by atoms with Crippen LogP contribution in [0.2, 0.25) is 0 Å². The van der Waals surface area contributed by atoms with Gasteiger partial charge in [-0.25, -0.2) is 0 Å². The number of hydrogen-bond acceptors (Lipinski definition) is 6. The van der Waals surface area contributed by atoms with Crippen molar-refractivity contribution in [1.82, 2.24) is 15.5 Å². The number of carbonyl (C=O) groups excluding carboxylic acids is 2. The van der Waals surface area contributed by atoms with Crippen LogP contribution in [0.4, 0.5) is 0 Å². The van der Waals surface area contributed by atoms with Gasteiger partial charge in [-0.05, 0) is 49.8 Å². The number of unbranched alkanes of at least 4 members (excludes halogenated alkanes) is 2. The van der Waals surface area contributed by atoms with Gasteiger partial charge >= 0.3 is 0 Å². The van der Waals surface area contributed by atoms with Crippen molar-refractivity contribution in [3.05, 3.63) is 59.0 Å². The fraction of sp³-hybridized carbons (Fsp3) is 0.520. The molecule has 0 fully saturated rings. The van der Waals surface area contributed by atoms with Gasteiger partial charge in [0.2, 0.25) is 0 Å². The van der Waals surface area contributed by atoms with Gasteiger partial charge < -0.3 is 25.7 Å². The van der Waals surface area contributed by atoms with Crippen molar-refractivity contribution in [2.45, 2.75) is 58.2 Å². The molecule has 184 valence electrons. The third-order valence-electron chi connectivity index (χ3n) is 4.96. The van der Waals surface area contributed by atoms with Crippen molar-refractivity contribution in [3.63, 3.8) is 0 Å². The van der Waals surface area contributed by atoms with Crippen molar-refractivity contribution >= 4 is 23.2 Å². The molecule has 0 aliphatic carbocycles. The van der Waals surface area contributed by atoms with Gasteiger partial charge in [-0.1, -0.05) is 44.6 Å². The van der Waals surface area contributed by atoms with Crippen LogP contribution in [0.3, 0.4) is 0 Å². The molecule has 0 saturated heterocycles. The van der Waals surface area contributed by atoms with E-state index in [0.717, 1.165) is 36.4 Å². The zero-order valence-corrected chi connectivity index (χ0v) is 20.7. The Hall–Kier alpha value is -2.42. The molecule has 4 N–H and O–H groups in total. The number of nitrogens with one attached hydrogen (secondary N) is 2. The maximum absolute atomic E-state index is 12.9. The summed E-state index contributed by atoms with van der Waals surface area (Å²) < 4.78 is 0. The van der Waals surface area contributed by atoms with Gasteiger partial charge in [0, 0.05) is 36.8 Å². The minimum absolute atomic E-state index is 0.328. The second kappa shape index (κ2) is 17.1. The topological polar surface area (TPSA) is 102 Å². The third-order valence-corrected chi connectivity index (χ3v) is 5.89. The predicted octanol–water partition coefficient (Wildman–Crippen LogP) is 2.77. The maximum Gasteiger partial charge on any atom is 0.254 e. The summed E-state index contributed by atoms with van der Waals surface area (Å²) in [4.78, 5) is 27.7. The molecular formula is C25H39N3O4S. The van der Waals surface area contributed by atoms with Crippen LogP contribution in [0.15, 0.2) is 54.1 Å². The number of amides is 2. The highest BCUT2D eigenvalue weighted by molar-refractivity contribution is 7.09. The molecule has 0 aliphatic heterocycles. The van der Waals surface area contributed by atoms with Crippen LogP contribution in [0.1, 0.15) is 44.4 Å². The van der Waals surface area contributed by atoms with E-state index in [0.29, 0.717) is 32.5 Å². The van der Waals surface area contributed by atoms with Gasteiger partial charge in [-0.2, -0.15) is 0 Å². The SMILES string of the molecule is C=C/C=C(\C=C/CCN(CCCCC)C(=O)C(O)C(O)C(=O)NCCc1cccs1)NCC. The zero-order valence-electron chi connectivity index (χ0n) is 19.8. The maximum atomic E-state index is 12.9. The number of thiophene rings is 1. The lowest BCUT2D eigenvalue weighted by molar-refractivity contribution is -0.153. The van der Waals surface area contributed by atoms with Crippen LogP contribution in [-0.4, -0.2) is 65.3 Å². The summed E-state index contributed by atoms with van der Waals surface area (Å²) in [7, 11) is 0. The molecule has 33 heavy (non-hydrogen) atoms. The van der Waals surface area contributed by atoms with Crippen molar-refractivity contribution < 1.29 is 19.8 Å². The molecule has 1 heterocycles. The van der Waals surface area contributed by atoms with Crippen LogP contribution in [0.25, 0.3) is 0 Å². The number of hydrogen-bond donors (Lipinski definition) is 4. The third kappa shape index (κ3) is 11.3. The van der Waals surface area contributed by atoms with Gasteiger partial charge in [0.15, 0.2) is 12.2 Å². The highest BCUT2D eigenvalue weighted by atomic mass is 32.1. The van der Waals surface area contributed by atoms with Crippen molar-refractivity contribution in [2.75, 3.05) is 26.2 Å². The van der Waals surface area contributed by atoms with Crippen molar-refractivity contribution in [2.24, 2.45) is 0 Å². The molecule has 0 bridgehead atoms. The minimum atomic E-state index is -1.80. The standard InChI is InChI=1S/C25H39N3O4S/c1-4-7-9-17-28(18-10-8-13-20(12-5-2)26-6-3)25(32)23(30)22(29)24(31)27-16-15-21-14-11-19-33-21/h5,8,11-14,19,22-23,26,29-30H,2,4,6-7,9-10,15-18H2,1,3H3,(H,27,31)/b13-8-,20-12+. The van der Waals surface area contributed by atoms with Crippen LogP contribution in [0.5, 0.6) is 0 Å². The lowest BCUT2D eigenvalue weighted by Crippen LogP contribution is -2.51. The number of carbonyl (C=O) groups is 2. The van der Waals surface area contributed by atoms with Crippen LogP contribution in [-0.2, 0) is 16.0 Å². The molecule has 1 aromatic heterocycles. The van der Waals surface area contributed by atoms with E-state index in [2.05, 4.69) is 24.1 Å². The minimum Gasteiger partial charge on any atom is -0.385 e. The van der Waals surface area contributed by atoms with Gasteiger partial charge in [-0.15, -0.1) is 11.3 Å². The number of nitrogens with zero attached hydrogens (tertiary/aromatic N) is 1. The Bertz CT molecular complexity index is 762. The van der Waals surface area contributed by atoms with Crippen LogP contribution < -0.4 is 10.6 Å². The molecule has 0 spiro atoms. The van der Waals surface area contributed by atoms with Gasteiger partial charge in [0.05, 0.1) is 0 Å². The normalized spacial score (nSPS) is 13.5. The molecule has 8 heteroatoms. The van der Waals surface area contributed by atoms with Crippen LogP contribution >= 0.6 is 11.3 Å². The first-order valence-electron chi connectivity index (χ1n) is 11.6. The molecule has 0 aromatic carbocycles. The number of rotatable bonds is 17. The predicted molar refractivity (Wildman–Crippen MR) is 135 cm³/mol. The first-order valence-corrected chi connectivity index (χ1v) is 12.5. The van der Waals surface area contributed by atoms with Crippen LogP contribution in [0, 0.1) is 0 Å². The van der Waals surface area contributed by atoms with Gasteiger partial charge in [-0.3, -0.25) is 9.59 Å². The Morgan fingerprint density at radius 1 is 1.18 bits per heavy atom.